The molecule has 5 heteroatoms. The number of aromatic nitrogens is 1. The molecule has 1 aromatic carbocycles. The van der Waals surface area contributed by atoms with Gasteiger partial charge in [0.1, 0.15) is 5.82 Å². The van der Waals surface area contributed by atoms with Gasteiger partial charge in [0.15, 0.2) is 0 Å². The average molecular weight is 274 g/mol. The number of nitrogens with zero attached hydrogens (tertiary/aromatic N) is 1. The second kappa shape index (κ2) is 6.14. The average Bonchev–Trinajstić information content (AvgIpc) is 2.47. The zero-order valence-electron chi connectivity index (χ0n) is 11.3. The van der Waals surface area contributed by atoms with Crippen LogP contribution in [0.25, 0.3) is 0 Å². The van der Waals surface area contributed by atoms with Gasteiger partial charge in [-0.2, -0.15) is 0 Å². The van der Waals surface area contributed by atoms with Gasteiger partial charge in [-0.3, -0.25) is 4.79 Å². The monoisotopic (exact) mass is 274 g/mol. The number of aryl methyl sites for hydroxylation is 1. The van der Waals surface area contributed by atoms with E-state index in [4.69, 9.17) is 4.74 Å². The fraction of sp³-hybridized carbons (Fsp3) is 0.200. The van der Waals surface area contributed by atoms with Gasteiger partial charge in [0.05, 0.1) is 12.7 Å². The minimum absolute atomic E-state index is 0.0351. The number of rotatable bonds is 4. The van der Waals surface area contributed by atoms with Gasteiger partial charge in [-0.05, 0) is 25.1 Å². The molecule has 0 aliphatic carbocycles. The maximum absolute atomic E-state index is 13.6. The van der Waals surface area contributed by atoms with E-state index in [1.54, 1.807) is 31.3 Å². The largest absolute Gasteiger partial charge is 0.481 e. The predicted octanol–water partition coefficient (Wildman–Crippen LogP) is 2.47. The molecule has 0 aliphatic heterocycles. The number of pyridine rings is 1. The van der Waals surface area contributed by atoms with Crippen LogP contribution in [0, 0.1) is 12.7 Å². The van der Waals surface area contributed by atoms with Gasteiger partial charge in [0, 0.05) is 18.3 Å². The summed E-state index contributed by atoms with van der Waals surface area (Å²) in [5, 5.41) is 2.66. The highest BCUT2D eigenvalue weighted by molar-refractivity contribution is 5.94. The summed E-state index contributed by atoms with van der Waals surface area (Å²) in [6.07, 6.45) is 1.60. The number of ether oxygens (including phenoxy) is 1. The predicted molar refractivity (Wildman–Crippen MR) is 73.1 cm³/mol. The molecule has 0 saturated heterocycles. The number of hydrogen-bond acceptors (Lipinski definition) is 3. The lowest BCUT2D eigenvalue weighted by Gasteiger charge is -2.09. The van der Waals surface area contributed by atoms with Crippen molar-refractivity contribution in [1.29, 1.82) is 0 Å². The molecule has 104 valence electrons. The van der Waals surface area contributed by atoms with Crippen molar-refractivity contribution in [2.24, 2.45) is 0 Å². The quantitative estimate of drug-likeness (QED) is 0.931. The van der Waals surface area contributed by atoms with Crippen LogP contribution < -0.4 is 10.1 Å². The molecule has 2 aromatic rings. The van der Waals surface area contributed by atoms with Crippen LogP contribution in [0.4, 0.5) is 4.39 Å². The summed E-state index contributed by atoms with van der Waals surface area (Å²) in [5.74, 6) is -0.555. The van der Waals surface area contributed by atoms with Crippen LogP contribution >= 0.6 is 0 Å². The Morgan fingerprint density at radius 1 is 1.40 bits per heavy atom. The summed E-state index contributed by atoms with van der Waals surface area (Å²) in [6.45, 7) is 2.03. The Labute approximate surface area is 116 Å². The van der Waals surface area contributed by atoms with Crippen molar-refractivity contribution in [3.63, 3.8) is 0 Å². The second-order valence-corrected chi connectivity index (χ2v) is 4.34. The van der Waals surface area contributed by atoms with E-state index in [9.17, 15) is 9.18 Å². The van der Waals surface area contributed by atoms with E-state index in [2.05, 4.69) is 10.3 Å². The molecule has 1 N–H and O–H groups in total. The number of methoxy groups -OCH3 is 1. The molecule has 1 amide bonds. The number of hydrogen-bond donors (Lipinski definition) is 1. The van der Waals surface area contributed by atoms with E-state index in [0.717, 1.165) is 11.1 Å². The van der Waals surface area contributed by atoms with Gasteiger partial charge in [0.2, 0.25) is 5.88 Å². The lowest BCUT2D eigenvalue weighted by atomic mass is 10.1. The van der Waals surface area contributed by atoms with Crippen molar-refractivity contribution < 1.29 is 13.9 Å². The lowest BCUT2D eigenvalue weighted by molar-refractivity contribution is 0.0946. The van der Waals surface area contributed by atoms with Crippen molar-refractivity contribution in [2.75, 3.05) is 7.11 Å². The van der Waals surface area contributed by atoms with E-state index in [-0.39, 0.29) is 12.1 Å². The first kappa shape index (κ1) is 14.0. The summed E-state index contributed by atoms with van der Waals surface area (Å²) >= 11 is 0. The molecule has 0 unspecified atom stereocenters. The normalized spacial score (nSPS) is 10.2. The van der Waals surface area contributed by atoms with E-state index in [1.165, 1.54) is 19.2 Å². The van der Waals surface area contributed by atoms with Crippen molar-refractivity contribution in [2.45, 2.75) is 13.5 Å². The Kier molecular flexibility index (Phi) is 4.30. The molecule has 20 heavy (non-hydrogen) atoms. The van der Waals surface area contributed by atoms with Gasteiger partial charge >= 0.3 is 0 Å². The van der Waals surface area contributed by atoms with Crippen LogP contribution in [-0.2, 0) is 6.54 Å². The lowest BCUT2D eigenvalue weighted by Crippen LogP contribution is -2.24. The van der Waals surface area contributed by atoms with Crippen molar-refractivity contribution in [1.82, 2.24) is 10.3 Å². The van der Waals surface area contributed by atoms with Crippen molar-refractivity contribution >= 4 is 5.91 Å². The molecule has 0 aliphatic rings. The molecule has 0 spiro atoms. The van der Waals surface area contributed by atoms with E-state index < -0.39 is 11.7 Å². The first-order chi connectivity index (χ1) is 9.61. The van der Waals surface area contributed by atoms with Crippen LogP contribution in [-0.4, -0.2) is 18.0 Å². The maximum Gasteiger partial charge on any atom is 0.254 e. The van der Waals surface area contributed by atoms with Gasteiger partial charge in [-0.1, -0.05) is 17.7 Å². The minimum atomic E-state index is -0.536. The molecule has 0 fully saturated rings. The molecule has 1 aromatic heterocycles. The second-order valence-electron chi connectivity index (χ2n) is 4.34. The Bertz CT molecular complexity index is 629. The third-order valence-corrected chi connectivity index (χ3v) is 2.85. The molecule has 0 radical (unpaired) electrons. The fourth-order valence-electron chi connectivity index (χ4n) is 1.83. The molecule has 0 saturated carbocycles. The number of halogens is 1. The fourth-order valence-corrected chi connectivity index (χ4v) is 1.83. The van der Waals surface area contributed by atoms with Crippen molar-refractivity contribution in [3.05, 3.63) is 59.0 Å². The highest BCUT2D eigenvalue weighted by Crippen LogP contribution is 2.14. The van der Waals surface area contributed by atoms with Crippen LogP contribution in [0.3, 0.4) is 0 Å². The molecular weight excluding hydrogens is 259 g/mol. The number of amides is 1. The third kappa shape index (κ3) is 3.12. The van der Waals surface area contributed by atoms with E-state index in [0.29, 0.717) is 5.88 Å². The first-order valence-electron chi connectivity index (χ1n) is 6.14. The smallest absolute Gasteiger partial charge is 0.254 e. The summed E-state index contributed by atoms with van der Waals surface area (Å²) < 4.78 is 18.7. The molecule has 2 rings (SSSR count). The van der Waals surface area contributed by atoms with Crippen LogP contribution in [0.15, 0.2) is 36.5 Å². The third-order valence-electron chi connectivity index (χ3n) is 2.85. The summed E-state index contributed by atoms with van der Waals surface area (Å²) in [6, 6.07) is 7.96. The standard InChI is InChI=1S/C15H15FN2O2/c1-10-5-6-13(16)12(8-10)14(19)18-9-11-4-3-7-17-15(11)20-2/h3-8H,9H2,1-2H3,(H,18,19). The number of carbonyl (C=O) groups excluding carboxylic acids is 1. The van der Waals surface area contributed by atoms with Crippen LogP contribution in [0.1, 0.15) is 21.5 Å². The molecule has 0 bridgehead atoms. The van der Waals surface area contributed by atoms with Gasteiger partial charge < -0.3 is 10.1 Å². The Morgan fingerprint density at radius 3 is 2.95 bits per heavy atom. The van der Waals surface area contributed by atoms with Gasteiger partial charge in [0.25, 0.3) is 5.91 Å². The van der Waals surface area contributed by atoms with Gasteiger partial charge in [-0.15, -0.1) is 0 Å². The Morgan fingerprint density at radius 2 is 2.20 bits per heavy atom. The highest BCUT2D eigenvalue weighted by atomic mass is 19.1. The zero-order chi connectivity index (χ0) is 14.5. The minimum Gasteiger partial charge on any atom is -0.481 e. The van der Waals surface area contributed by atoms with Crippen LogP contribution in [0.5, 0.6) is 5.88 Å². The Balaban J connectivity index is 2.11. The van der Waals surface area contributed by atoms with Gasteiger partial charge in [-0.25, -0.2) is 9.37 Å². The number of benzene rings is 1. The zero-order valence-corrected chi connectivity index (χ0v) is 11.3. The molecule has 4 nitrogen and oxygen atoms in total. The SMILES string of the molecule is COc1ncccc1CNC(=O)c1cc(C)ccc1F. The molecule has 1 heterocycles. The summed E-state index contributed by atoms with van der Waals surface area (Å²) in [5.41, 5.74) is 1.60. The number of nitrogens with one attached hydrogen (secondary N) is 1. The van der Waals surface area contributed by atoms with E-state index >= 15 is 0 Å². The molecular formula is C15H15FN2O2. The summed E-state index contributed by atoms with van der Waals surface area (Å²) in [7, 11) is 1.51. The van der Waals surface area contributed by atoms with E-state index in [1.807, 2.05) is 0 Å². The topological polar surface area (TPSA) is 51.2 Å². The first-order valence-corrected chi connectivity index (χ1v) is 6.14. The Hall–Kier alpha value is -2.43. The van der Waals surface area contributed by atoms with Crippen LogP contribution in [0.2, 0.25) is 0 Å². The highest BCUT2D eigenvalue weighted by Gasteiger charge is 2.12. The van der Waals surface area contributed by atoms with Crippen molar-refractivity contribution in [3.8, 4) is 5.88 Å². The summed E-state index contributed by atoms with van der Waals surface area (Å²) in [4.78, 5) is 16.0. The number of carbonyl (C=O) groups is 1. The maximum atomic E-state index is 13.6. The molecule has 0 atom stereocenters.